The van der Waals surface area contributed by atoms with Crippen molar-refractivity contribution < 1.29 is 8.78 Å². The fraction of sp³-hybridized carbons (Fsp3) is 0.609. The van der Waals surface area contributed by atoms with Gasteiger partial charge in [0.05, 0.1) is 5.69 Å². The molecular weight excluding hydrogens is 356 g/mol. The Morgan fingerprint density at radius 1 is 0.964 bits per heavy atom. The van der Waals surface area contributed by atoms with Crippen molar-refractivity contribution in [2.75, 3.05) is 19.6 Å². The standard InChI is InChI=1S/C23H31F2N3/c1-2-28-23(15-22(26-28)13-18-11-20(24)14-21(25)12-18)19-7-9-27(10-8-19)16-17-5-3-4-6-17/h11-12,14-15,17,19H,2-10,13,16H2,1H3. The molecule has 2 aromatic rings. The summed E-state index contributed by atoms with van der Waals surface area (Å²) in [7, 11) is 0. The molecule has 3 nitrogen and oxygen atoms in total. The van der Waals surface area contributed by atoms with E-state index in [9.17, 15) is 8.78 Å². The molecule has 1 saturated carbocycles. The molecule has 28 heavy (non-hydrogen) atoms. The molecule has 0 atom stereocenters. The van der Waals surface area contributed by atoms with Crippen molar-refractivity contribution in [3.8, 4) is 0 Å². The highest BCUT2D eigenvalue weighted by Gasteiger charge is 2.26. The quantitative estimate of drug-likeness (QED) is 0.684. The minimum Gasteiger partial charge on any atom is -0.303 e. The molecule has 1 aliphatic carbocycles. The van der Waals surface area contributed by atoms with Gasteiger partial charge in [0, 0.05) is 37.2 Å². The minimum atomic E-state index is -0.528. The van der Waals surface area contributed by atoms with Crippen LogP contribution in [0, 0.1) is 17.6 Å². The number of nitrogens with zero attached hydrogens (tertiary/aromatic N) is 3. The summed E-state index contributed by atoms with van der Waals surface area (Å²) in [5.74, 6) is 0.390. The number of aromatic nitrogens is 2. The first kappa shape index (κ1) is 19.6. The summed E-state index contributed by atoms with van der Waals surface area (Å²) in [6.07, 6.45) is 8.46. The average molecular weight is 388 g/mol. The maximum atomic E-state index is 13.5. The van der Waals surface area contributed by atoms with E-state index in [-0.39, 0.29) is 0 Å². The Morgan fingerprint density at radius 2 is 1.64 bits per heavy atom. The minimum absolute atomic E-state index is 0.467. The Kier molecular flexibility index (Phi) is 6.10. The largest absolute Gasteiger partial charge is 0.303 e. The van der Waals surface area contributed by atoms with E-state index in [1.807, 2.05) is 0 Å². The lowest BCUT2D eigenvalue weighted by Crippen LogP contribution is -2.36. The van der Waals surface area contributed by atoms with E-state index < -0.39 is 11.6 Å². The summed E-state index contributed by atoms with van der Waals surface area (Å²) >= 11 is 0. The molecule has 0 spiro atoms. The average Bonchev–Trinajstić information content (AvgIpc) is 3.31. The summed E-state index contributed by atoms with van der Waals surface area (Å²) in [5, 5.41) is 4.72. The zero-order chi connectivity index (χ0) is 19.5. The van der Waals surface area contributed by atoms with E-state index in [2.05, 4.69) is 22.6 Å². The van der Waals surface area contributed by atoms with Crippen LogP contribution in [0.2, 0.25) is 0 Å². The molecule has 1 aromatic carbocycles. The molecule has 0 N–H and O–H groups in total. The molecule has 1 aliphatic heterocycles. The number of benzene rings is 1. The van der Waals surface area contributed by atoms with Crippen molar-refractivity contribution in [3.05, 3.63) is 52.9 Å². The van der Waals surface area contributed by atoms with Crippen LogP contribution in [0.4, 0.5) is 8.78 Å². The van der Waals surface area contributed by atoms with Crippen LogP contribution in [0.25, 0.3) is 0 Å². The normalized spacial score (nSPS) is 19.5. The van der Waals surface area contributed by atoms with Gasteiger partial charge in [0.2, 0.25) is 0 Å². The molecule has 2 heterocycles. The molecular formula is C23H31F2N3. The Balaban J connectivity index is 1.40. The SMILES string of the molecule is CCn1nc(Cc2cc(F)cc(F)c2)cc1C1CCN(CC2CCCC2)CC1. The van der Waals surface area contributed by atoms with E-state index >= 15 is 0 Å². The molecule has 2 aliphatic rings. The van der Waals surface area contributed by atoms with Gasteiger partial charge in [-0.1, -0.05) is 12.8 Å². The van der Waals surface area contributed by atoms with E-state index in [0.29, 0.717) is 17.9 Å². The lowest BCUT2D eigenvalue weighted by atomic mass is 9.92. The van der Waals surface area contributed by atoms with Gasteiger partial charge < -0.3 is 4.90 Å². The van der Waals surface area contributed by atoms with Gasteiger partial charge in [-0.05, 0) is 75.4 Å². The van der Waals surface area contributed by atoms with Crippen molar-refractivity contribution >= 4 is 0 Å². The third-order valence-electron chi connectivity index (χ3n) is 6.47. The van der Waals surface area contributed by atoms with E-state index in [4.69, 9.17) is 5.10 Å². The van der Waals surface area contributed by atoms with Crippen molar-refractivity contribution in [2.24, 2.45) is 5.92 Å². The van der Waals surface area contributed by atoms with Crippen LogP contribution in [-0.4, -0.2) is 34.3 Å². The van der Waals surface area contributed by atoms with Crippen LogP contribution in [0.5, 0.6) is 0 Å². The van der Waals surface area contributed by atoms with Crippen LogP contribution in [-0.2, 0) is 13.0 Å². The fourth-order valence-electron chi connectivity index (χ4n) is 5.05. The van der Waals surface area contributed by atoms with Gasteiger partial charge in [-0.2, -0.15) is 5.10 Å². The molecule has 5 heteroatoms. The maximum absolute atomic E-state index is 13.5. The monoisotopic (exact) mass is 387 g/mol. The third-order valence-corrected chi connectivity index (χ3v) is 6.47. The van der Waals surface area contributed by atoms with Crippen molar-refractivity contribution in [1.29, 1.82) is 0 Å². The van der Waals surface area contributed by atoms with E-state index in [1.165, 1.54) is 76.0 Å². The van der Waals surface area contributed by atoms with Crippen LogP contribution >= 0.6 is 0 Å². The predicted octanol–water partition coefficient (Wildman–Crippen LogP) is 5.14. The molecule has 0 radical (unpaired) electrons. The summed E-state index contributed by atoms with van der Waals surface area (Å²) < 4.78 is 29.1. The van der Waals surface area contributed by atoms with E-state index in [0.717, 1.165) is 24.2 Å². The zero-order valence-corrected chi connectivity index (χ0v) is 16.8. The summed E-state index contributed by atoms with van der Waals surface area (Å²) in [4.78, 5) is 2.65. The topological polar surface area (TPSA) is 21.1 Å². The Hall–Kier alpha value is -1.75. The van der Waals surface area contributed by atoms with Gasteiger partial charge in [0.25, 0.3) is 0 Å². The number of hydrogen-bond acceptors (Lipinski definition) is 2. The highest BCUT2D eigenvalue weighted by atomic mass is 19.1. The zero-order valence-electron chi connectivity index (χ0n) is 16.8. The summed E-state index contributed by atoms with van der Waals surface area (Å²) in [6.45, 7) is 6.55. The highest BCUT2D eigenvalue weighted by molar-refractivity contribution is 5.25. The first-order chi connectivity index (χ1) is 13.6. The molecule has 152 valence electrons. The Bertz CT molecular complexity index is 767. The van der Waals surface area contributed by atoms with Gasteiger partial charge in [-0.25, -0.2) is 8.78 Å². The van der Waals surface area contributed by atoms with Gasteiger partial charge in [-0.3, -0.25) is 4.68 Å². The van der Waals surface area contributed by atoms with Crippen LogP contribution < -0.4 is 0 Å². The lowest BCUT2D eigenvalue weighted by molar-refractivity contribution is 0.181. The maximum Gasteiger partial charge on any atom is 0.126 e. The smallest absolute Gasteiger partial charge is 0.126 e. The number of rotatable bonds is 6. The number of likely N-dealkylation sites (tertiary alicyclic amines) is 1. The van der Waals surface area contributed by atoms with Crippen LogP contribution in [0.1, 0.15) is 68.3 Å². The van der Waals surface area contributed by atoms with Gasteiger partial charge in [0.1, 0.15) is 11.6 Å². The Morgan fingerprint density at radius 3 is 2.29 bits per heavy atom. The second-order valence-electron chi connectivity index (χ2n) is 8.56. The van der Waals surface area contributed by atoms with Crippen molar-refractivity contribution in [1.82, 2.24) is 14.7 Å². The molecule has 1 aromatic heterocycles. The van der Waals surface area contributed by atoms with E-state index in [1.54, 1.807) is 0 Å². The second kappa shape index (κ2) is 8.73. The number of hydrogen-bond donors (Lipinski definition) is 0. The third kappa shape index (κ3) is 4.62. The lowest BCUT2D eigenvalue weighted by Gasteiger charge is -2.33. The first-order valence-electron chi connectivity index (χ1n) is 10.8. The Labute approximate surface area is 166 Å². The number of halogens is 2. The molecule has 4 rings (SSSR count). The fourth-order valence-corrected chi connectivity index (χ4v) is 5.05. The molecule has 0 bridgehead atoms. The van der Waals surface area contributed by atoms with Crippen LogP contribution in [0.3, 0.4) is 0 Å². The number of piperidine rings is 1. The summed E-state index contributed by atoms with van der Waals surface area (Å²) in [5.41, 5.74) is 2.82. The first-order valence-corrected chi connectivity index (χ1v) is 10.8. The van der Waals surface area contributed by atoms with Gasteiger partial charge in [0.15, 0.2) is 0 Å². The highest BCUT2D eigenvalue weighted by Crippen LogP contribution is 2.31. The summed E-state index contributed by atoms with van der Waals surface area (Å²) in [6, 6.07) is 5.87. The predicted molar refractivity (Wildman–Crippen MR) is 107 cm³/mol. The second-order valence-corrected chi connectivity index (χ2v) is 8.56. The number of aryl methyl sites for hydroxylation is 1. The molecule has 2 fully saturated rings. The van der Waals surface area contributed by atoms with Crippen molar-refractivity contribution in [2.45, 2.75) is 64.3 Å². The molecule has 0 unspecified atom stereocenters. The van der Waals surface area contributed by atoms with Gasteiger partial charge in [-0.15, -0.1) is 0 Å². The van der Waals surface area contributed by atoms with Crippen molar-refractivity contribution in [3.63, 3.8) is 0 Å². The molecule has 1 saturated heterocycles. The van der Waals surface area contributed by atoms with Crippen LogP contribution in [0.15, 0.2) is 24.3 Å². The van der Waals surface area contributed by atoms with Gasteiger partial charge >= 0.3 is 0 Å². The molecule has 0 amide bonds.